The molecule has 5 nitrogen and oxygen atoms in total. The third-order valence-corrected chi connectivity index (χ3v) is 6.02. The van der Waals surface area contributed by atoms with Gasteiger partial charge in [0.2, 0.25) is 5.78 Å². The first-order valence-corrected chi connectivity index (χ1v) is 10.5. The molecule has 0 N–H and O–H groups in total. The number of nitrogens with zero attached hydrogens (tertiary/aromatic N) is 1. The number of fused-ring (bicyclic) bond motifs is 1. The Hall–Kier alpha value is -3.33. The molecule has 166 valence electrons. The minimum Gasteiger partial charge on any atom is -0.485 e. The molecule has 0 spiro atoms. The third-order valence-electron chi connectivity index (χ3n) is 5.16. The van der Waals surface area contributed by atoms with Crippen molar-refractivity contribution in [1.82, 2.24) is 4.57 Å². The van der Waals surface area contributed by atoms with Gasteiger partial charge in [-0.3, -0.25) is 4.79 Å². The lowest BCUT2D eigenvalue weighted by atomic mass is 10.1. The smallest absolute Gasteiger partial charge is 0.417 e. The van der Waals surface area contributed by atoms with Crippen molar-refractivity contribution in [2.75, 3.05) is 6.61 Å². The highest BCUT2D eigenvalue weighted by molar-refractivity contribution is 7.09. The largest absolute Gasteiger partial charge is 0.485 e. The first-order chi connectivity index (χ1) is 15.1. The maximum Gasteiger partial charge on any atom is 0.417 e. The van der Waals surface area contributed by atoms with E-state index in [1.165, 1.54) is 12.1 Å². The molecule has 3 aromatic heterocycles. The molecule has 4 rings (SSSR count). The molecule has 0 saturated heterocycles. The summed E-state index contributed by atoms with van der Waals surface area (Å²) in [5, 5.41) is 1.74. The molecule has 3 heterocycles. The molecule has 4 aromatic rings. The molecular formula is C23H18F3NO4S. The fourth-order valence-electron chi connectivity index (χ4n) is 3.58. The van der Waals surface area contributed by atoms with E-state index < -0.39 is 17.4 Å². The van der Waals surface area contributed by atoms with E-state index in [-0.39, 0.29) is 29.1 Å². The predicted molar refractivity (Wildman–Crippen MR) is 115 cm³/mol. The summed E-state index contributed by atoms with van der Waals surface area (Å²) in [6, 6.07) is 9.86. The number of halogens is 3. The second-order valence-electron chi connectivity index (χ2n) is 7.30. The molecule has 0 bridgehead atoms. The number of aryl methyl sites for hydroxylation is 1. The number of aromatic nitrogens is 1. The van der Waals surface area contributed by atoms with Gasteiger partial charge in [-0.1, -0.05) is 6.07 Å². The Morgan fingerprint density at radius 3 is 2.62 bits per heavy atom. The molecule has 0 amide bonds. The lowest BCUT2D eigenvalue weighted by Gasteiger charge is -2.11. The molecule has 0 atom stereocenters. The highest BCUT2D eigenvalue weighted by Crippen LogP contribution is 2.34. The summed E-state index contributed by atoms with van der Waals surface area (Å²) in [7, 11) is 0. The summed E-state index contributed by atoms with van der Waals surface area (Å²) >= 11 is 1.63. The molecule has 32 heavy (non-hydrogen) atoms. The summed E-state index contributed by atoms with van der Waals surface area (Å²) in [5.41, 5.74) is -0.189. The van der Waals surface area contributed by atoms with E-state index in [1.807, 2.05) is 35.9 Å². The lowest BCUT2D eigenvalue weighted by Crippen LogP contribution is -2.13. The quantitative estimate of drug-likeness (QED) is 0.277. The minimum atomic E-state index is -4.70. The van der Waals surface area contributed by atoms with Gasteiger partial charge >= 0.3 is 11.8 Å². The number of benzene rings is 1. The van der Waals surface area contributed by atoms with Crippen molar-refractivity contribution in [3.63, 3.8) is 0 Å². The average molecular weight is 461 g/mol. The Bertz CT molecular complexity index is 1350. The van der Waals surface area contributed by atoms with Gasteiger partial charge in [0.15, 0.2) is 6.61 Å². The third kappa shape index (κ3) is 4.34. The van der Waals surface area contributed by atoms with Crippen LogP contribution in [0.3, 0.4) is 0 Å². The van der Waals surface area contributed by atoms with E-state index in [0.717, 1.165) is 22.3 Å². The van der Waals surface area contributed by atoms with Crippen LogP contribution in [0, 0.1) is 13.8 Å². The predicted octanol–water partition coefficient (Wildman–Crippen LogP) is 5.60. The van der Waals surface area contributed by atoms with Crippen LogP contribution in [0.25, 0.3) is 11.0 Å². The van der Waals surface area contributed by atoms with Crippen LogP contribution in [0.15, 0.2) is 57.1 Å². The van der Waals surface area contributed by atoms with Crippen LogP contribution in [-0.4, -0.2) is 17.0 Å². The standard InChI is InChI=1S/C23H18F3NO4S/c1-13-8-18(14(2)27(13)11-16-4-3-7-32-16)20(28)12-30-15-5-6-17-19(23(24,25)26)10-22(29)31-21(17)9-15/h3-10H,11-12H2,1-2H3. The van der Waals surface area contributed by atoms with Crippen molar-refractivity contribution in [3.8, 4) is 5.75 Å². The minimum absolute atomic E-state index is 0.126. The van der Waals surface area contributed by atoms with Crippen molar-refractivity contribution < 1.29 is 27.1 Å². The Labute approximate surface area is 184 Å². The Balaban J connectivity index is 1.54. The number of rotatable bonds is 6. The molecule has 0 unspecified atom stereocenters. The van der Waals surface area contributed by atoms with Crippen LogP contribution >= 0.6 is 11.3 Å². The van der Waals surface area contributed by atoms with Crippen molar-refractivity contribution in [2.24, 2.45) is 0 Å². The average Bonchev–Trinajstić information content (AvgIpc) is 3.34. The number of Topliss-reactive ketones (excluding diaryl/α,β-unsaturated/α-hetero) is 1. The van der Waals surface area contributed by atoms with Crippen LogP contribution in [0.4, 0.5) is 13.2 Å². The van der Waals surface area contributed by atoms with E-state index in [0.29, 0.717) is 18.2 Å². The Morgan fingerprint density at radius 2 is 1.94 bits per heavy atom. The van der Waals surface area contributed by atoms with E-state index >= 15 is 0 Å². The highest BCUT2D eigenvalue weighted by atomic mass is 32.1. The van der Waals surface area contributed by atoms with E-state index in [2.05, 4.69) is 0 Å². The summed E-state index contributed by atoms with van der Waals surface area (Å²) in [6.07, 6.45) is -4.70. The fraction of sp³-hybridized carbons (Fsp3) is 0.217. The van der Waals surface area contributed by atoms with E-state index in [4.69, 9.17) is 9.15 Å². The molecule has 0 aliphatic rings. The summed E-state index contributed by atoms with van der Waals surface area (Å²) in [4.78, 5) is 25.5. The topological polar surface area (TPSA) is 61.4 Å². The number of ether oxygens (including phenoxy) is 1. The molecule has 0 fully saturated rings. The Morgan fingerprint density at radius 1 is 1.16 bits per heavy atom. The summed E-state index contributed by atoms with van der Waals surface area (Å²) in [5.74, 6) is -0.137. The van der Waals surface area contributed by atoms with E-state index in [1.54, 1.807) is 17.4 Å². The molecule has 0 aliphatic heterocycles. The second-order valence-corrected chi connectivity index (χ2v) is 8.33. The van der Waals surface area contributed by atoms with Gasteiger partial charge in [0.25, 0.3) is 0 Å². The maximum atomic E-state index is 13.2. The number of hydrogen-bond donors (Lipinski definition) is 0. The first kappa shape index (κ1) is 21.9. The molecular weight excluding hydrogens is 443 g/mol. The van der Waals surface area contributed by atoms with Crippen molar-refractivity contribution in [3.05, 3.63) is 85.7 Å². The number of alkyl halides is 3. The van der Waals surface area contributed by atoms with Gasteiger partial charge < -0.3 is 13.7 Å². The fourth-order valence-corrected chi connectivity index (χ4v) is 4.27. The van der Waals surface area contributed by atoms with Crippen LogP contribution in [0.1, 0.15) is 32.2 Å². The highest BCUT2D eigenvalue weighted by Gasteiger charge is 2.33. The van der Waals surface area contributed by atoms with Crippen molar-refractivity contribution in [2.45, 2.75) is 26.6 Å². The molecule has 1 aromatic carbocycles. The Kier molecular flexibility index (Phi) is 5.68. The van der Waals surface area contributed by atoms with Gasteiger partial charge in [-0.2, -0.15) is 13.2 Å². The van der Waals surface area contributed by atoms with Crippen LogP contribution < -0.4 is 10.4 Å². The number of thiophene rings is 1. The molecule has 0 radical (unpaired) electrons. The van der Waals surface area contributed by atoms with Gasteiger partial charge in [0.05, 0.1) is 12.1 Å². The maximum absolute atomic E-state index is 13.2. The lowest BCUT2D eigenvalue weighted by molar-refractivity contribution is -0.136. The van der Waals surface area contributed by atoms with Gasteiger partial charge in [0.1, 0.15) is 11.3 Å². The zero-order valence-electron chi connectivity index (χ0n) is 17.2. The van der Waals surface area contributed by atoms with Gasteiger partial charge in [0, 0.05) is 39.3 Å². The van der Waals surface area contributed by atoms with Gasteiger partial charge in [-0.25, -0.2) is 4.79 Å². The zero-order chi connectivity index (χ0) is 23.0. The van der Waals surface area contributed by atoms with E-state index in [9.17, 15) is 22.8 Å². The number of carbonyl (C=O) groups is 1. The monoisotopic (exact) mass is 461 g/mol. The SMILES string of the molecule is Cc1cc(C(=O)COc2ccc3c(C(F)(F)F)cc(=O)oc3c2)c(C)n1Cc1cccs1. The number of carbonyl (C=O) groups excluding carboxylic acids is 1. The molecule has 0 saturated carbocycles. The van der Waals surface area contributed by atoms with Crippen LogP contribution in [0.2, 0.25) is 0 Å². The van der Waals surface area contributed by atoms with Gasteiger partial charge in [-0.05, 0) is 43.5 Å². The molecule has 0 aliphatic carbocycles. The normalized spacial score (nSPS) is 11.8. The summed E-state index contributed by atoms with van der Waals surface area (Å²) < 4.78 is 52.0. The summed E-state index contributed by atoms with van der Waals surface area (Å²) in [6.45, 7) is 4.13. The number of hydrogen-bond acceptors (Lipinski definition) is 5. The van der Waals surface area contributed by atoms with Crippen molar-refractivity contribution >= 4 is 28.1 Å². The first-order valence-electron chi connectivity index (χ1n) is 9.63. The zero-order valence-corrected chi connectivity index (χ0v) is 18.0. The van der Waals surface area contributed by atoms with Gasteiger partial charge in [-0.15, -0.1) is 11.3 Å². The van der Waals surface area contributed by atoms with Crippen LogP contribution in [0.5, 0.6) is 5.75 Å². The van der Waals surface area contributed by atoms with Crippen molar-refractivity contribution in [1.29, 1.82) is 0 Å². The second kappa shape index (κ2) is 8.31. The molecule has 9 heteroatoms. The van der Waals surface area contributed by atoms with Crippen LogP contribution in [-0.2, 0) is 12.7 Å². The number of ketones is 1.